The zero-order chi connectivity index (χ0) is 12.3. The van der Waals surface area contributed by atoms with E-state index >= 15 is 0 Å². The van der Waals surface area contributed by atoms with Crippen molar-refractivity contribution in [3.63, 3.8) is 0 Å². The summed E-state index contributed by atoms with van der Waals surface area (Å²) in [6, 6.07) is 0. The van der Waals surface area contributed by atoms with Gasteiger partial charge in [0.05, 0.1) is 24.3 Å². The van der Waals surface area contributed by atoms with E-state index in [0.29, 0.717) is 19.5 Å². The molecule has 0 spiro atoms. The largest absolute Gasteiger partial charge is 0.347 e. The minimum atomic E-state index is -2.83. The number of halogens is 2. The number of hydrogen-bond donors (Lipinski definition) is 1. The van der Waals surface area contributed by atoms with Crippen LogP contribution in [0.25, 0.3) is 0 Å². The van der Waals surface area contributed by atoms with Gasteiger partial charge in [-0.2, -0.15) is 0 Å². The van der Waals surface area contributed by atoms with Gasteiger partial charge in [0, 0.05) is 19.4 Å². The maximum Gasteiger partial charge on any atom is 0.263 e. The molecule has 1 aliphatic carbocycles. The quantitative estimate of drug-likeness (QED) is 0.806. The Morgan fingerprint density at radius 1 is 1.59 bits per heavy atom. The molecular weight excluding hydrogens is 228 g/mol. The van der Waals surface area contributed by atoms with Gasteiger partial charge in [-0.15, -0.1) is 0 Å². The molecule has 2 heterocycles. The third-order valence-corrected chi connectivity index (χ3v) is 3.79. The van der Waals surface area contributed by atoms with Crippen molar-refractivity contribution in [1.82, 2.24) is 14.9 Å². The van der Waals surface area contributed by atoms with E-state index in [9.17, 15) is 13.6 Å². The van der Waals surface area contributed by atoms with Crippen molar-refractivity contribution in [3.8, 4) is 0 Å². The number of imidazole rings is 1. The van der Waals surface area contributed by atoms with Crippen LogP contribution in [-0.2, 0) is 17.8 Å². The Hall–Kier alpha value is -1.46. The normalized spacial score (nSPS) is 29.9. The number of rotatable bonds is 1. The molecule has 1 saturated carbocycles. The lowest BCUT2D eigenvalue weighted by molar-refractivity contribution is -0.141. The summed E-state index contributed by atoms with van der Waals surface area (Å²) < 4.78 is 26.3. The molecule has 17 heavy (non-hydrogen) atoms. The SMILES string of the molecule is CC1(C(=O)N2CCc3nc[nH]c3C2)CC1(F)F. The average Bonchev–Trinajstić information content (AvgIpc) is 2.67. The number of carbonyl (C=O) groups is 1. The van der Waals surface area contributed by atoms with Crippen molar-refractivity contribution in [2.24, 2.45) is 5.41 Å². The van der Waals surface area contributed by atoms with E-state index in [1.54, 1.807) is 6.33 Å². The summed E-state index contributed by atoms with van der Waals surface area (Å²) >= 11 is 0. The van der Waals surface area contributed by atoms with Gasteiger partial charge < -0.3 is 9.88 Å². The lowest BCUT2D eigenvalue weighted by Crippen LogP contribution is -2.41. The molecule has 1 amide bonds. The predicted molar refractivity (Wildman–Crippen MR) is 55.4 cm³/mol. The maximum absolute atomic E-state index is 13.2. The number of alkyl halides is 2. The first kappa shape index (κ1) is 10.7. The van der Waals surface area contributed by atoms with Gasteiger partial charge in [0.1, 0.15) is 5.41 Å². The smallest absolute Gasteiger partial charge is 0.263 e. The third kappa shape index (κ3) is 1.39. The third-order valence-electron chi connectivity index (χ3n) is 3.79. The standard InChI is InChI=1S/C11H13F2N3O/c1-10(5-11(10,12)13)9(17)16-3-2-7-8(4-16)15-6-14-7/h6H,2-5H2,1H3,(H,14,15). The lowest BCUT2D eigenvalue weighted by atomic mass is 10.0. The molecule has 1 unspecified atom stereocenters. The number of aromatic amines is 1. The number of nitrogens with one attached hydrogen (secondary N) is 1. The van der Waals surface area contributed by atoms with Gasteiger partial charge >= 0.3 is 0 Å². The Bertz CT molecular complexity index is 485. The predicted octanol–water partition coefficient (Wildman–Crippen LogP) is 1.34. The van der Waals surface area contributed by atoms with E-state index in [2.05, 4.69) is 9.97 Å². The van der Waals surface area contributed by atoms with Crippen molar-refractivity contribution in [2.45, 2.75) is 32.2 Å². The molecule has 0 saturated heterocycles. The monoisotopic (exact) mass is 241 g/mol. The molecule has 6 heteroatoms. The Kier molecular flexibility index (Phi) is 1.92. The Morgan fingerprint density at radius 3 is 2.94 bits per heavy atom. The molecule has 1 aromatic heterocycles. The molecule has 1 fully saturated rings. The van der Waals surface area contributed by atoms with E-state index in [0.717, 1.165) is 11.4 Å². The summed E-state index contributed by atoms with van der Waals surface area (Å²) in [6.07, 6.45) is 1.88. The summed E-state index contributed by atoms with van der Waals surface area (Å²) in [5.74, 6) is -3.28. The summed E-state index contributed by atoms with van der Waals surface area (Å²) in [5.41, 5.74) is 0.309. The van der Waals surface area contributed by atoms with E-state index in [1.165, 1.54) is 11.8 Å². The van der Waals surface area contributed by atoms with E-state index in [1.807, 2.05) is 0 Å². The molecule has 1 atom stereocenters. The second kappa shape index (κ2) is 3.05. The minimum Gasteiger partial charge on any atom is -0.347 e. The van der Waals surface area contributed by atoms with Gasteiger partial charge in [-0.3, -0.25) is 4.79 Å². The van der Waals surface area contributed by atoms with Gasteiger partial charge in [0.15, 0.2) is 0 Å². The molecule has 2 aliphatic rings. The van der Waals surface area contributed by atoms with Crippen LogP contribution in [0.4, 0.5) is 8.78 Å². The zero-order valence-corrected chi connectivity index (χ0v) is 9.46. The van der Waals surface area contributed by atoms with Crippen LogP contribution in [0.1, 0.15) is 24.7 Å². The Morgan fingerprint density at radius 2 is 2.29 bits per heavy atom. The van der Waals surface area contributed by atoms with Crippen LogP contribution in [0.2, 0.25) is 0 Å². The van der Waals surface area contributed by atoms with E-state index in [-0.39, 0.29) is 6.42 Å². The summed E-state index contributed by atoms with van der Waals surface area (Å²) in [6.45, 7) is 2.18. The van der Waals surface area contributed by atoms with E-state index < -0.39 is 17.2 Å². The fourth-order valence-corrected chi connectivity index (χ4v) is 2.37. The van der Waals surface area contributed by atoms with E-state index in [4.69, 9.17) is 0 Å². The van der Waals surface area contributed by atoms with Crippen molar-refractivity contribution >= 4 is 5.91 Å². The summed E-state index contributed by atoms with van der Waals surface area (Å²) in [5, 5.41) is 0. The second-order valence-corrected chi connectivity index (χ2v) is 5.02. The second-order valence-electron chi connectivity index (χ2n) is 5.02. The fraction of sp³-hybridized carbons (Fsp3) is 0.636. The maximum atomic E-state index is 13.2. The van der Waals surface area contributed by atoms with Crippen LogP contribution in [-0.4, -0.2) is 33.2 Å². The molecule has 0 radical (unpaired) electrons. The first-order valence-corrected chi connectivity index (χ1v) is 5.62. The van der Waals surface area contributed by atoms with Gasteiger partial charge in [0.2, 0.25) is 5.91 Å². The minimum absolute atomic E-state index is 0.328. The molecule has 1 aromatic rings. The number of amides is 1. The van der Waals surface area contributed by atoms with Gasteiger partial charge in [-0.05, 0) is 6.92 Å². The highest BCUT2D eigenvalue weighted by Crippen LogP contribution is 2.61. The number of aromatic nitrogens is 2. The lowest BCUT2D eigenvalue weighted by Gasteiger charge is -2.28. The van der Waals surface area contributed by atoms with Crippen LogP contribution < -0.4 is 0 Å². The molecule has 1 N–H and O–H groups in total. The van der Waals surface area contributed by atoms with Crippen LogP contribution in [0, 0.1) is 5.41 Å². The molecule has 0 aromatic carbocycles. The fourth-order valence-electron chi connectivity index (χ4n) is 2.37. The topological polar surface area (TPSA) is 49.0 Å². The van der Waals surface area contributed by atoms with Gasteiger partial charge in [-0.25, -0.2) is 13.8 Å². The van der Waals surface area contributed by atoms with Crippen molar-refractivity contribution in [2.75, 3.05) is 6.54 Å². The molecule has 4 nitrogen and oxygen atoms in total. The van der Waals surface area contributed by atoms with Crippen molar-refractivity contribution < 1.29 is 13.6 Å². The van der Waals surface area contributed by atoms with Crippen LogP contribution >= 0.6 is 0 Å². The number of fused-ring (bicyclic) bond motifs is 1. The van der Waals surface area contributed by atoms with Gasteiger partial charge in [-0.1, -0.05) is 0 Å². The van der Waals surface area contributed by atoms with Crippen LogP contribution in [0.3, 0.4) is 0 Å². The molecule has 0 bridgehead atoms. The number of carbonyl (C=O) groups excluding carboxylic acids is 1. The first-order chi connectivity index (χ1) is 7.94. The first-order valence-electron chi connectivity index (χ1n) is 5.62. The van der Waals surface area contributed by atoms with Crippen molar-refractivity contribution in [3.05, 3.63) is 17.7 Å². The van der Waals surface area contributed by atoms with Gasteiger partial charge in [0.25, 0.3) is 5.92 Å². The Labute approximate surface area is 97.0 Å². The molecular formula is C11H13F2N3O. The zero-order valence-electron chi connectivity index (χ0n) is 9.46. The highest BCUT2D eigenvalue weighted by molar-refractivity contribution is 5.87. The number of hydrogen-bond acceptors (Lipinski definition) is 2. The van der Waals surface area contributed by atoms with Crippen LogP contribution in [0.5, 0.6) is 0 Å². The summed E-state index contributed by atoms with van der Waals surface area (Å²) in [7, 11) is 0. The summed E-state index contributed by atoms with van der Waals surface area (Å²) in [4.78, 5) is 20.6. The van der Waals surface area contributed by atoms with Crippen LogP contribution in [0.15, 0.2) is 6.33 Å². The number of H-pyrrole nitrogens is 1. The van der Waals surface area contributed by atoms with Crippen molar-refractivity contribution in [1.29, 1.82) is 0 Å². The molecule has 3 rings (SSSR count). The highest BCUT2D eigenvalue weighted by atomic mass is 19.3. The average molecular weight is 241 g/mol. The number of nitrogens with zero attached hydrogens (tertiary/aromatic N) is 2. The molecule has 1 aliphatic heterocycles. The molecule has 92 valence electrons. The highest BCUT2D eigenvalue weighted by Gasteiger charge is 2.73. The Balaban J connectivity index is 1.78.